The Morgan fingerprint density at radius 2 is 1.58 bits per heavy atom. The minimum Gasteiger partial charge on any atom is -0.508 e. The number of carboxylic acids is 1. The molecule has 6 N–H and O–H groups in total. The summed E-state index contributed by atoms with van der Waals surface area (Å²) in [7, 11) is 0. The summed E-state index contributed by atoms with van der Waals surface area (Å²) >= 11 is 0. The zero-order valence-corrected chi connectivity index (χ0v) is 26.4. The van der Waals surface area contributed by atoms with Crippen molar-refractivity contribution in [1.29, 1.82) is 0 Å². The predicted octanol–water partition coefficient (Wildman–Crippen LogP) is 7.29. The third-order valence-electron chi connectivity index (χ3n) is 9.63. The molecule has 0 unspecified atom stereocenters. The molecule has 0 spiro atoms. The van der Waals surface area contributed by atoms with Gasteiger partial charge in [-0.25, -0.2) is 0 Å². The van der Waals surface area contributed by atoms with Gasteiger partial charge in [0.05, 0.1) is 23.7 Å². The number of unbranched alkanes of at least 4 members (excludes halogenated alkanes) is 7. The number of nitrogens with one attached hydrogen (secondary N) is 1. The first-order chi connectivity index (χ1) is 20.7. The van der Waals surface area contributed by atoms with Gasteiger partial charge in [-0.15, -0.1) is 0 Å². The van der Waals surface area contributed by atoms with Gasteiger partial charge in [-0.2, -0.15) is 0 Å². The third kappa shape index (κ3) is 12.3. The fraction of sp³-hybridized carbons (Fsp3) is 0.694. The Kier molecular flexibility index (Phi) is 15.1. The molecule has 1 aliphatic carbocycles. The van der Waals surface area contributed by atoms with Crippen molar-refractivity contribution in [3.05, 3.63) is 53.3 Å². The van der Waals surface area contributed by atoms with Crippen LogP contribution in [0.15, 0.2) is 36.5 Å². The molecule has 1 fully saturated rings. The number of H-pyrrole nitrogens is 1. The van der Waals surface area contributed by atoms with Gasteiger partial charge < -0.3 is 30.5 Å². The van der Waals surface area contributed by atoms with Crippen LogP contribution in [0, 0.1) is 11.8 Å². The van der Waals surface area contributed by atoms with E-state index >= 15 is 0 Å². The van der Waals surface area contributed by atoms with E-state index in [0.29, 0.717) is 19.3 Å². The first-order valence-electron chi connectivity index (χ1n) is 17.0. The molecule has 1 aromatic carbocycles. The fourth-order valence-electron chi connectivity index (χ4n) is 6.88. The van der Waals surface area contributed by atoms with Crippen LogP contribution in [0.3, 0.4) is 0 Å². The van der Waals surface area contributed by atoms with E-state index in [1.54, 1.807) is 12.1 Å². The summed E-state index contributed by atoms with van der Waals surface area (Å²) in [4.78, 5) is 15.3. The lowest BCUT2D eigenvalue weighted by Crippen LogP contribution is -2.37. The van der Waals surface area contributed by atoms with E-state index in [2.05, 4.69) is 18.0 Å². The summed E-state index contributed by atoms with van der Waals surface area (Å²) < 4.78 is 0. The molecule has 7 heteroatoms. The molecule has 0 amide bonds. The van der Waals surface area contributed by atoms with Gasteiger partial charge in [0, 0.05) is 11.9 Å². The highest BCUT2D eigenvalue weighted by molar-refractivity contribution is 5.70. The average Bonchev–Trinajstić information content (AvgIpc) is 3.58. The largest absolute Gasteiger partial charge is 0.508 e. The Bertz CT molecular complexity index is 1050. The minimum atomic E-state index is -0.972. The lowest BCUT2D eigenvalue weighted by molar-refractivity contribution is -0.146. The lowest BCUT2D eigenvalue weighted by atomic mass is 9.81. The van der Waals surface area contributed by atoms with Crippen molar-refractivity contribution in [2.75, 3.05) is 0 Å². The summed E-state index contributed by atoms with van der Waals surface area (Å²) in [6.45, 7) is 2.20. The highest BCUT2D eigenvalue weighted by atomic mass is 16.4. The third-order valence-corrected chi connectivity index (χ3v) is 9.63. The van der Waals surface area contributed by atoms with Gasteiger partial charge in [0.1, 0.15) is 5.75 Å². The molecule has 1 aliphatic rings. The normalized spacial score (nSPS) is 20.7. The number of aromatic amines is 1. The van der Waals surface area contributed by atoms with Gasteiger partial charge in [-0.1, -0.05) is 83.3 Å². The van der Waals surface area contributed by atoms with Crippen molar-refractivity contribution in [2.24, 2.45) is 11.8 Å². The average molecular weight is 600 g/mol. The summed E-state index contributed by atoms with van der Waals surface area (Å²) in [5.74, 6) is -1.46. The molecule has 242 valence electrons. The van der Waals surface area contributed by atoms with E-state index < -0.39 is 23.6 Å². The number of aromatic hydroxyl groups is 1. The molecule has 43 heavy (non-hydrogen) atoms. The fourth-order valence-corrected chi connectivity index (χ4v) is 6.88. The second-order valence-electron chi connectivity index (χ2n) is 13.2. The second-order valence-corrected chi connectivity index (χ2v) is 13.2. The molecular weight excluding hydrogens is 542 g/mol. The van der Waals surface area contributed by atoms with Gasteiger partial charge in [0.15, 0.2) is 0 Å². The molecule has 5 atom stereocenters. The molecular formula is C36H57NO6. The van der Waals surface area contributed by atoms with Crippen LogP contribution >= 0.6 is 0 Å². The van der Waals surface area contributed by atoms with Crippen LogP contribution in [0.4, 0.5) is 0 Å². The van der Waals surface area contributed by atoms with Crippen LogP contribution in [0.25, 0.3) is 0 Å². The van der Waals surface area contributed by atoms with E-state index in [4.69, 9.17) is 0 Å². The van der Waals surface area contributed by atoms with Crippen molar-refractivity contribution in [1.82, 2.24) is 4.98 Å². The van der Waals surface area contributed by atoms with Crippen molar-refractivity contribution < 1.29 is 30.3 Å². The molecule has 0 saturated heterocycles. The zero-order chi connectivity index (χ0) is 31.1. The number of aliphatic hydroxyl groups excluding tert-OH is 2. The van der Waals surface area contributed by atoms with E-state index in [1.807, 2.05) is 18.3 Å². The quantitative estimate of drug-likeness (QED) is 0.0787. The number of carbonyl (C=O) groups is 1. The van der Waals surface area contributed by atoms with E-state index in [1.165, 1.54) is 25.7 Å². The first-order valence-corrected chi connectivity index (χ1v) is 17.0. The van der Waals surface area contributed by atoms with Crippen molar-refractivity contribution in [3.63, 3.8) is 0 Å². The van der Waals surface area contributed by atoms with Crippen LogP contribution in [0.1, 0.15) is 133 Å². The maximum atomic E-state index is 12.0. The molecule has 2 aromatic rings. The molecule has 0 aliphatic heterocycles. The van der Waals surface area contributed by atoms with Crippen LogP contribution in [0.5, 0.6) is 5.75 Å². The predicted molar refractivity (Wildman–Crippen MR) is 171 cm³/mol. The molecule has 3 rings (SSSR count). The number of phenolic OH excluding ortho intramolecular Hbond substituents is 1. The number of phenols is 1. The number of aliphatic hydroxyl groups is 3. The molecule has 1 saturated carbocycles. The van der Waals surface area contributed by atoms with Crippen molar-refractivity contribution in [2.45, 2.75) is 147 Å². The molecule has 0 radical (unpaired) electrons. The van der Waals surface area contributed by atoms with Crippen LogP contribution < -0.4 is 0 Å². The van der Waals surface area contributed by atoms with Crippen molar-refractivity contribution >= 4 is 5.97 Å². The summed E-state index contributed by atoms with van der Waals surface area (Å²) in [6, 6.07) is 9.34. The van der Waals surface area contributed by atoms with Crippen LogP contribution in [-0.4, -0.2) is 54.3 Å². The summed E-state index contributed by atoms with van der Waals surface area (Å²) in [5.41, 5.74) is 2.44. The first kappa shape index (κ1) is 35.1. The number of carboxylic acid groups (broad SMARTS) is 1. The minimum absolute atomic E-state index is 0.0647. The SMILES string of the molecule is CCCCCCC[C@H](O)CCCCCC[C@H](C(=O)O)[C@H](O)CC[C@@]1(O)CCC[C@H]1Cc1cc(Cc2ccc(O)cc2)c[nH]1. The molecule has 7 nitrogen and oxygen atoms in total. The van der Waals surface area contributed by atoms with E-state index in [-0.39, 0.29) is 24.2 Å². The van der Waals surface area contributed by atoms with Gasteiger partial charge >= 0.3 is 5.97 Å². The summed E-state index contributed by atoms with van der Waals surface area (Å²) in [5, 5.41) is 51.9. The topological polar surface area (TPSA) is 134 Å². The number of hydrogen-bond acceptors (Lipinski definition) is 5. The number of aliphatic carboxylic acids is 1. The highest BCUT2D eigenvalue weighted by Crippen LogP contribution is 2.41. The Hall–Kier alpha value is -2.35. The van der Waals surface area contributed by atoms with Gasteiger partial charge in [-0.3, -0.25) is 4.79 Å². The number of hydrogen-bond donors (Lipinski definition) is 6. The molecule has 0 bridgehead atoms. The van der Waals surface area contributed by atoms with E-state index in [0.717, 1.165) is 87.4 Å². The van der Waals surface area contributed by atoms with Gasteiger partial charge in [-0.05, 0) is 93.0 Å². The lowest BCUT2D eigenvalue weighted by Gasteiger charge is -2.32. The smallest absolute Gasteiger partial charge is 0.309 e. The van der Waals surface area contributed by atoms with Gasteiger partial charge in [0.25, 0.3) is 0 Å². The Morgan fingerprint density at radius 3 is 2.23 bits per heavy atom. The molecule has 1 heterocycles. The van der Waals surface area contributed by atoms with E-state index in [9.17, 15) is 30.3 Å². The summed E-state index contributed by atoms with van der Waals surface area (Å²) in [6.07, 6.45) is 17.2. The monoisotopic (exact) mass is 599 g/mol. The maximum absolute atomic E-state index is 12.0. The Balaban J connectivity index is 1.37. The Morgan fingerprint density at radius 1 is 0.930 bits per heavy atom. The number of aromatic nitrogens is 1. The van der Waals surface area contributed by atoms with Crippen LogP contribution in [0.2, 0.25) is 0 Å². The second kappa shape index (κ2) is 18.5. The number of benzene rings is 1. The standard InChI is InChI=1S/C36H57NO6/c1-2-3-4-5-8-13-31(38)14-9-6-7-10-15-33(35(41)42)34(40)20-22-36(43)21-11-12-29(36)25-30-24-28(26-37-30)23-27-16-18-32(39)19-17-27/h16-19,24,26,29,31,33-34,37-40,43H,2-15,20-23,25H2,1H3,(H,41,42)/t29-,31-,33-,34+,36-/m0/s1. The van der Waals surface area contributed by atoms with Crippen molar-refractivity contribution in [3.8, 4) is 5.75 Å². The zero-order valence-electron chi connectivity index (χ0n) is 26.4. The maximum Gasteiger partial charge on any atom is 0.309 e. The van der Waals surface area contributed by atoms with Gasteiger partial charge in [0.2, 0.25) is 0 Å². The Labute approximate surface area is 258 Å². The molecule has 1 aromatic heterocycles. The highest BCUT2D eigenvalue weighted by Gasteiger charge is 2.41. The van der Waals surface area contributed by atoms with Crippen LogP contribution in [-0.2, 0) is 17.6 Å². The number of rotatable bonds is 22.